The van der Waals surface area contributed by atoms with Crippen molar-refractivity contribution in [2.45, 2.75) is 13.5 Å². The van der Waals surface area contributed by atoms with E-state index in [1.165, 1.54) is 6.26 Å². The molecule has 1 aliphatic heterocycles. The number of piperazine rings is 1. The van der Waals surface area contributed by atoms with Crippen LogP contribution in [0.5, 0.6) is 5.75 Å². The fraction of sp³-hybridized carbons (Fsp3) is 0.450. The van der Waals surface area contributed by atoms with Crippen molar-refractivity contribution < 1.29 is 22.4 Å². The summed E-state index contributed by atoms with van der Waals surface area (Å²) in [5.74, 6) is 1.68. The van der Waals surface area contributed by atoms with Crippen LogP contribution in [0.15, 0.2) is 40.8 Å². The molecule has 0 saturated carbocycles. The van der Waals surface area contributed by atoms with E-state index in [9.17, 15) is 13.2 Å². The van der Waals surface area contributed by atoms with E-state index in [1.807, 2.05) is 31.2 Å². The number of rotatable bonds is 7. The van der Waals surface area contributed by atoms with Gasteiger partial charge in [-0.05, 0) is 30.7 Å². The van der Waals surface area contributed by atoms with Gasteiger partial charge in [-0.15, -0.1) is 0 Å². The predicted molar refractivity (Wildman–Crippen MR) is 106 cm³/mol. The Morgan fingerprint density at radius 1 is 1.11 bits per heavy atom. The van der Waals surface area contributed by atoms with Crippen LogP contribution in [0.3, 0.4) is 0 Å². The number of aryl methyl sites for hydroxylation is 1. The summed E-state index contributed by atoms with van der Waals surface area (Å²) in [6.07, 6.45) is 1.24. The Bertz CT molecular complexity index is 914. The van der Waals surface area contributed by atoms with Gasteiger partial charge in [0.1, 0.15) is 28.0 Å². The van der Waals surface area contributed by atoms with E-state index >= 15 is 0 Å². The minimum atomic E-state index is -2.97. The highest BCUT2D eigenvalue weighted by molar-refractivity contribution is 7.90. The molecule has 3 rings (SSSR count). The fourth-order valence-corrected chi connectivity index (χ4v) is 3.65. The molecule has 0 aliphatic carbocycles. The molecule has 1 amide bonds. The third-order valence-corrected chi connectivity index (χ3v) is 5.70. The molecular formula is C20H26N2O5S. The summed E-state index contributed by atoms with van der Waals surface area (Å²) in [5.41, 5.74) is 1.04. The van der Waals surface area contributed by atoms with Crippen LogP contribution in [0.2, 0.25) is 0 Å². The van der Waals surface area contributed by atoms with Crippen molar-refractivity contribution in [1.29, 1.82) is 0 Å². The molecule has 1 aromatic heterocycles. The van der Waals surface area contributed by atoms with Gasteiger partial charge in [0.05, 0.1) is 5.75 Å². The highest BCUT2D eigenvalue weighted by Crippen LogP contribution is 2.19. The number of para-hydroxylation sites is 1. The number of amides is 1. The van der Waals surface area contributed by atoms with Crippen LogP contribution < -0.4 is 4.74 Å². The number of carbonyl (C=O) groups excluding carboxylic acids is 1. The zero-order chi connectivity index (χ0) is 20.1. The Labute approximate surface area is 165 Å². The second kappa shape index (κ2) is 8.79. The molecule has 1 aromatic carbocycles. The SMILES string of the molecule is Cc1ccccc1OCc1ccc(C(=O)N2CCN(CCS(C)(=O)=O)CC2)o1. The molecule has 1 saturated heterocycles. The van der Waals surface area contributed by atoms with Crippen LogP contribution in [0.4, 0.5) is 0 Å². The normalized spacial score (nSPS) is 15.6. The van der Waals surface area contributed by atoms with Gasteiger partial charge in [0.15, 0.2) is 5.76 Å². The molecular weight excluding hydrogens is 380 g/mol. The maximum atomic E-state index is 12.6. The van der Waals surface area contributed by atoms with Gasteiger partial charge in [-0.2, -0.15) is 0 Å². The van der Waals surface area contributed by atoms with Crippen LogP contribution in [-0.2, 0) is 16.4 Å². The third kappa shape index (κ3) is 5.59. The smallest absolute Gasteiger partial charge is 0.289 e. The van der Waals surface area contributed by atoms with Crippen molar-refractivity contribution in [2.24, 2.45) is 0 Å². The molecule has 0 bridgehead atoms. The standard InChI is InChI=1S/C20H26N2O5S/c1-16-5-3-4-6-18(16)26-15-17-7-8-19(27-17)20(23)22-11-9-21(10-12-22)13-14-28(2,24)25/h3-8H,9-15H2,1-2H3. The number of hydrogen-bond donors (Lipinski definition) is 0. The van der Waals surface area contributed by atoms with Crippen LogP contribution in [0.25, 0.3) is 0 Å². The first kappa shape index (κ1) is 20.4. The highest BCUT2D eigenvalue weighted by Gasteiger charge is 2.24. The molecule has 0 radical (unpaired) electrons. The molecule has 2 aromatic rings. The Morgan fingerprint density at radius 3 is 2.50 bits per heavy atom. The molecule has 7 nitrogen and oxygen atoms in total. The summed E-state index contributed by atoms with van der Waals surface area (Å²) in [7, 11) is -2.97. The van der Waals surface area contributed by atoms with Gasteiger partial charge in [0, 0.05) is 39.0 Å². The van der Waals surface area contributed by atoms with Crippen molar-refractivity contribution in [1.82, 2.24) is 9.80 Å². The van der Waals surface area contributed by atoms with E-state index in [4.69, 9.17) is 9.15 Å². The quantitative estimate of drug-likeness (QED) is 0.699. The Kier molecular flexibility index (Phi) is 6.41. The lowest BCUT2D eigenvalue weighted by Gasteiger charge is -2.34. The largest absolute Gasteiger partial charge is 0.485 e. The van der Waals surface area contributed by atoms with Gasteiger partial charge in [-0.25, -0.2) is 8.42 Å². The van der Waals surface area contributed by atoms with Crippen molar-refractivity contribution in [3.05, 3.63) is 53.5 Å². The van der Waals surface area contributed by atoms with Gasteiger partial charge in [0.2, 0.25) is 0 Å². The topological polar surface area (TPSA) is 80.1 Å². The summed E-state index contributed by atoms with van der Waals surface area (Å²) in [4.78, 5) is 16.4. The van der Waals surface area contributed by atoms with E-state index < -0.39 is 9.84 Å². The van der Waals surface area contributed by atoms with Crippen LogP contribution in [0, 0.1) is 6.92 Å². The second-order valence-electron chi connectivity index (χ2n) is 7.08. The summed E-state index contributed by atoms with van der Waals surface area (Å²) >= 11 is 0. The Morgan fingerprint density at radius 2 is 1.82 bits per heavy atom. The average Bonchev–Trinajstić information content (AvgIpc) is 3.14. The summed E-state index contributed by atoms with van der Waals surface area (Å²) in [6.45, 7) is 5.16. The lowest BCUT2D eigenvalue weighted by molar-refractivity contribution is 0.0609. The molecule has 0 N–H and O–H groups in total. The van der Waals surface area contributed by atoms with Gasteiger partial charge in [-0.1, -0.05) is 18.2 Å². The van der Waals surface area contributed by atoms with Crippen molar-refractivity contribution in [2.75, 3.05) is 44.7 Å². The minimum Gasteiger partial charge on any atom is -0.485 e. The second-order valence-corrected chi connectivity index (χ2v) is 9.34. The Balaban J connectivity index is 1.50. The lowest BCUT2D eigenvalue weighted by atomic mass is 10.2. The van der Waals surface area contributed by atoms with Crippen molar-refractivity contribution in [3.8, 4) is 5.75 Å². The summed E-state index contributed by atoms with van der Waals surface area (Å²) in [5, 5.41) is 0. The van der Waals surface area contributed by atoms with Gasteiger partial charge < -0.3 is 14.1 Å². The van der Waals surface area contributed by atoms with Gasteiger partial charge >= 0.3 is 0 Å². The van der Waals surface area contributed by atoms with Crippen LogP contribution >= 0.6 is 0 Å². The first-order valence-corrected chi connectivity index (χ1v) is 11.3. The number of carbonyl (C=O) groups is 1. The number of nitrogens with zero attached hydrogens (tertiary/aromatic N) is 2. The number of benzene rings is 1. The molecule has 152 valence electrons. The molecule has 2 heterocycles. The first-order chi connectivity index (χ1) is 13.3. The summed E-state index contributed by atoms with van der Waals surface area (Å²) in [6, 6.07) is 11.2. The molecule has 1 fully saturated rings. The molecule has 0 atom stereocenters. The van der Waals surface area contributed by atoms with E-state index in [2.05, 4.69) is 4.90 Å². The van der Waals surface area contributed by atoms with E-state index in [-0.39, 0.29) is 18.3 Å². The fourth-order valence-electron chi connectivity index (χ4n) is 3.06. The number of furan rings is 1. The highest BCUT2D eigenvalue weighted by atomic mass is 32.2. The zero-order valence-electron chi connectivity index (χ0n) is 16.3. The van der Waals surface area contributed by atoms with E-state index in [1.54, 1.807) is 17.0 Å². The summed E-state index contributed by atoms with van der Waals surface area (Å²) < 4.78 is 34.0. The minimum absolute atomic E-state index is 0.142. The lowest BCUT2D eigenvalue weighted by Crippen LogP contribution is -2.49. The van der Waals surface area contributed by atoms with Crippen LogP contribution in [0.1, 0.15) is 21.9 Å². The van der Waals surface area contributed by atoms with Gasteiger partial charge in [0.25, 0.3) is 5.91 Å². The maximum absolute atomic E-state index is 12.6. The molecule has 8 heteroatoms. The van der Waals surface area contributed by atoms with Gasteiger partial charge in [-0.3, -0.25) is 9.69 Å². The van der Waals surface area contributed by atoms with Crippen molar-refractivity contribution >= 4 is 15.7 Å². The van der Waals surface area contributed by atoms with Crippen LogP contribution in [-0.4, -0.2) is 68.9 Å². The predicted octanol–water partition coefficient (Wildman–Crippen LogP) is 1.97. The zero-order valence-corrected chi connectivity index (χ0v) is 17.1. The Hall–Kier alpha value is -2.32. The monoisotopic (exact) mass is 406 g/mol. The number of ether oxygens (including phenoxy) is 1. The third-order valence-electron chi connectivity index (χ3n) is 4.77. The molecule has 0 spiro atoms. The first-order valence-electron chi connectivity index (χ1n) is 9.28. The van der Waals surface area contributed by atoms with E-state index in [0.717, 1.165) is 11.3 Å². The van der Waals surface area contributed by atoms with E-state index in [0.29, 0.717) is 44.2 Å². The van der Waals surface area contributed by atoms with Crippen molar-refractivity contribution in [3.63, 3.8) is 0 Å². The molecule has 1 aliphatic rings. The average molecular weight is 407 g/mol. The number of hydrogen-bond acceptors (Lipinski definition) is 6. The molecule has 0 unspecified atom stereocenters. The number of sulfone groups is 1. The molecule has 28 heavy (non-hydrogen) atoms. The maximum Gasteiger partial charge on any atom is 0.289 e.